The van der Waals surface area contributed by atoms with Crippen molar-refractivity contribution in [2.24, 2.45) is 7.05 Å². The topological polar surface area (TPSA) is 56.1 Å². The summed E-state index contributed by atoms with van der Waals surface area (Å²) in [6.07, 6.45) is 4.24. The zero-order valence-corrected chi connectivity index (χ0v) is 16.1. The van der Waals surface area contributed by atoms with Crippen molar-refractivity contribution in [2.75, 3.05) is 6.61 Å². The smallest absolute Gasteiger partial charge is 0.220 e. The van der Waals surface area contributed by atoms with Gasteiger partial charge >= 0.3 is 0 Å². The molecule has 0 aliphatic carbocycles. The zero-order valence-electron chi connectivity index (χ0n) is 16.1. The van der Waals surface area contributed by atoms with Gasteiger partial charge in [0, 0.05) is 31.4 Å². The van der Waals surface area contributed by atoms with Crippen molar-refractivity contribution >= 4 is 5.91 Å². The quantitative estimate of drug-likeness (QED) is 0.602. The summed E-state index contributed by atoms with van der Waals surface area (Å²) >= 11 is 0. The minimum absolute atomic E-state index is 0.177. The van der Waals surface area contributed by atoms with Gasteiger partial charge in [0.05, 0.1) is 6.61 Å². The summed E-state index contributed by atoms with van der Waals surface area (Å²) in [5, 5.41) is 2.91. The van der Waals surface area contributed by atoms with E-state index in [4.69, 9.17) is 4.74 Å². The molecule has 5 nitrogen and oxygen atoms in total. The summed E-state index contributed by atoms with van der Waals surface area (Å²) in [4.78, 5) is 16.8. The number of ether oxygens (including phenoxy) is 1. The number of carbonyl (C=O) groups excluding carboxylic acids is 1. The fourth-order valence-electron chi connectivity index (χ4n) is 3.01. The number of nitrogens with zero attached hydrogens (tertiary/aromatic N) is 2. The van der Waals surface area contributed by atoms with Gasteiger partial charge in [-0.05, 0) is 37.1 Å². The molecule has 0 spiro atoms. The van der Waals surface area contributed by atoms with E-state index < -0.39 is 6.04 Å². The van der Waals surface area contributed by atoms with Crippen molar-refractivity contribution in [1.29, 1.82) is 0 Å². The molecule has 0 saturated carbocycles. The van der Waals surface area contributed by atoms with Crippen LogP contribution >= 0.6 is 0 Å². The van der Waals surface area contributed by atoms with Gasteiger partial charge in [-0.15, -0.1) is 0 Å². The highest BCUT2D eigenvalue weighted by Crippen LogP contribution is 2.23. The van der Waals surface area contributed by atoms with Gasteiger partial charge in [-0.1, -0.05) is 30.3 Å². The van der Waals surface area contributed by atoms with Crippen molar-refractivity contribution in [1.82, 2.24) is 14.9 Å². The Morgan fingerprint density at radius 1 is 1.25 bits per heavy atom. The number of imidazole rings is 1. The van der Waals surface area contributed by atoms with Crippen molar-refractivity contribution in [3.05, 3.63) is 83.7 Å². The van der Waals surface area contributed by atoms with Gasteiger partial charge in [0.1, 0.15) is 23.4 Å². The van der Waals surface area contributed by atoms with E-state index in [0.717, 1.165) is 11.3 Å². The van der Waals surface area contributed by atoms with E-state index in [2.05, 4.69) is 10.3 Å². The fourth-order valence-corrected chi connectivity index (χ4v) is 3.01. The summed E-state index contributed by atoms with van der Waals surface area (Å²) in [5.74, 6) is 0.815. The average Bonchev–Trinajstić information content (AvgIpc) is 3.10. The Balaban J connectivity index is 1.60. The fraction of sp³-hybridized carbons (Fsp3) is 0.273. The number of nitrogens with one attached hydrogen (secondary N) is 1. The Morgan fingerprint density at radius 2 is 2.07 bits per heavy atom. The van der Waals surface area contributed by atoms with E-state index >= 15 is 0 Å². The second-order valence-electron chi connectivity index (χ2n) is 6.69. The van der Waals surface area contributed by atoms with Crippen LogP contribution in [0.1, 0.15) is 35.8 Å². The van der Waals surface area contributed by atoms with Crippen LogP contribution in [0.25, 0.3) is 0 Å². The Kier molecular flexibility index (Phi) is 6.42. The molecular formula is C22H24FN3O2. The summed E-state index contributed by atoms with van der Waals surface area (Å²) < 4.78 is 21.8. The first-order valence-electron chi connectivity index (χ1n) is 9.25. The standard InChI is InChI=1S/C22H24FN3O2/c1-16-7-5-8-17(15-16)28-14-6-11-20(27)25-21(22-24-12-13-26(22)2)18-9-3-4-10-19(18)23/h3-5,7-10,12-13,15,21H,6,11,14H2,1-2H3,(H,25,27). The molecule has 28 heavy (non-hydrogen) atoms. The maximum atomic E-state index is 14.3. The number of halogens is 1. The van der Waals surface area contributed by atoms with Crippen LogP contribution in [0.2, 0.25) is 0 Å². The van der Waals surface area contributed by atoms with E-state index in [1.54, 1.807) is 35.2 Å². The normalized spacial score (nSPS) is 11.8. The Labute approximate surface area is 164 Å². The van der Waals surface area contributed by atoms with Gasteiger partial charge in [-0.3, -0.25) is 4.79 Å². The van der Waals surface area contributed by atoms with Crippen molar-refractivity contribution < 1.29 is 13.9 Å². The summed E-state index contributed by atoms with van der Waals surface area (Å²) in [5.41, 5.74) is 1.51. The molecule has 2 aromatic carbocycles. The van der Waals surface area contributed by atoms with E-state index in [1.807, 2.05) is 38.2 Å². The molecule has 1 heterocycles. The van der Waals surface area contributed by atoms with Crippen LogP contribution in [0.4, 0.5) is 4.39 Å². The lowest BCUT2D eigenvalue weighted by Crippen LogP contribution is -2.31. The van der Waals surface area contributed by atoms with E-state index in [9.17, 15) is 9.18 Å². The lowest BCUT2D eigenvalue weighted by atomic mass is 10.0. The number of aromatic nitrogens is 2. The molecule has 1 aromatic heterocycles. The first-order chi connectivity index (χ1) is 13.5. The molecule has 0 fully saturated rings. The minimum atomic E-state index is -0.647. The lowest BCUT2D eigenvalue weighted by Gasteiger charge is -2.19. The van der Waals surface area contributed by atoms with Crippen LogP contribution in [0.5, 0.6) is 5.75 Å². The van der Waals surface area contributed by atoms with Crippen LogP contribution in [-0.2, 0) is 11.8 Å². The molecule has 1 N–H and O–H groups in total. The zero-order chi connectivity index (χ0) is 19.9. The van der Waals surface area contributed by atoms with Gasteiger partial charge in [0.2, 0.25) is 5.91 Å². The molecule has 0 radical (unpaired) electrons. The first kappa shape index (κ1) is 19.6. The minimum Gasteiger partial charge on any atom is -0.494 e. The largest absolute Gasteiger partial charge is 0.494 e. The van der Waals surface area contributed by atoms with Gasteiger partial charge in [0.15, 0.2) is 0 Å². The van der Waals surface area contributed by atoms with Crippen LogP contribution in [0.15, 0.2) is 60.9 Å². The van der Waals surface area contributed by atoms with Gasteiger partial charge in [-0.2, -0.15) is 0 Å². The Hall–Kier alpha value is -3.15. The molecule has 146 valence electrons. The molecule has 1 unspecified atom stereocenters. The van der Waals surface area contributed by atoms with Crippen LogP contribution < -0.4 is 10.1 Å². The monoisotopic (exact) mass is 381 g/mol. The predicted molar refractivity (Wildman–Crippen MR) is 106 cm³/mol. The molecule has 3 rings (SSSR count). The van der Waals surface area contributed by atoms with E-state index in [1.165, 1.54) is 6.07 Å². The lowest BCUT2D eigenvalue weighted by molar-refractivity contribution is -0.121. The Bertz CT molecular complexity index is 939. The molecule has 1 amide bonds. The summed E-state index contributed by atoms with van der Waals surface area (Å²) in [6, 6.07) is 13.5. The molecule has 0 saturated heterocycles. The third-order valence-corrected chi connectivity index (χ3v) is 4.44. The van der Waals surface area contributed by atoms with Crippen LogP contribution in [0.3, 0.4) is 0 Å². The number of amides is 1. The van der Waals surface area contributed by atoms with E-state index in [-0.39, 0.29) is 18.1 Å². The molecule has 0 bridgehead atoms. The number of aryl methyl sites for hydroxylation is 2. The molecule has 0 aliphatic heterocycles. The molecule has 1 atom stereocenters. The third kappa shape index (κ3) is 4.97. The highest BCUT2D eigenvalue weighted by atomic mass is 19.1. The predicted octanol–water partition coefficient (Wildman–Crippen LogP) is 3.93. The summed E-state index contributed by atoms with van der Waals surface area (Å²) in [7, 11) is 1.82. The number of carbonyl (C=O) groups is 1. The maximum absolute atomic E-state index is 14.3. The maximum Gasteiger partial charge on any atom is 0.220 e. The first-order valence-corrected chi connectivity index (χ1v) is 9.25. The van der Waals surface area contributed by atoms with Crippen molar-refractivity contribution in [2.45, 2.75) is 25.8 Å². The number of hydrogen-bond acceptors (Lipinski definition) is 3. The van der Waals surface area contributed by atoms with Gasteiger partial charge < -0.3 is 14.6 Å². The molecular weight excluding hydrogens is 357 g/mol. The van der Waals surface area contributed by atoms with Crippen LogP contribution in [-0.4, -0.2) is 22.1 Å². The highest BCUT2D eigenvalue weighted by molar-refractivity contribution is 5.76. The van der Waals surface area contributed by atoms with E-state index in [0.29, 0.717) is 24.4 Å². The Morgan fingerprint density at radius 3 is 2.79 bits per heavy atom. The molecule has 3 aromatic rings. The second-order valence-corrected chi connectivity index (χ2v) is 6.69. The number of rotatable bonds is 8. The van der Waals surface area contributed by atoms with Gasteiger partial charge in [-0.25, -0.2) is 9.37 Å². The second kappa shape index (κ2) is 9.17. The molecule has 0 aliphatic rings. The van der Waals surface area contributed by atoms with Crippen molar-refractivity contribution in [3.63, 3.8) is 0 Å². The highest BCUT2D eigenvalue weighted by Gasteiger charge is 2.23. The van der Waals surface area contributed by atoms with Gasteiger partial charge in [0.25, 0.3) is 0 Å². The number of hydrogen-bond donors (Lipinski definition) is 1. The summed E-state index contributed by atoms with van der Waals surface area (Å²) in [6.45, 7) is 2.43. The van der Waals surface area contributed by atoms with Crippen LogP contribution in [0, 0.1) is 12.7 Å². The molecule has 6 heteroatoms. The van der Waals surface area contributed by atoms with Crippen molar-refractivity contribution in [3.8, 4) is 5.75 Å². The third-order valence-electron chi connectivity index (χ3n) is 4.44. The SMILES string of the molecule is Cc1cccc(OCCCC(=O)NC(c2ccccc2F)c2nccn2C)c1. The average molecular weight is 381 g/mol. The number of benzene rings is 2.